The van der Waals surface area contributed by atoms with Crippen molar-refractivity contribution >= 4 is 39.1 Å². The van der Waals surface area contributed by atoms with Crippen molar-refractivity contribution in [1.82, 2.24) is 10.2 Å². The van der Waals surface area contributed by atoms with Gasteiger partial charge in [-0.1, -0.05) is 41.9 Å². The van der Waals surface area contributed by atoms with Crippen LogP contribution in [-0.4, -0.2) is 57.5 Å². The van der Waals surface area contributed by atoms with Crippen LogP contribution >= 0.6 is 11.6 Å². The van der Waals surface area contributed by atoms with Crippen LogP contribution in [0.3, 0.4) is 0 Å². The van der Waals surface area contributed by atoms with Gasteiger partial charge in [0.15, 0.2) is 11.5 Å². The second-order valence-electron chi connectivity index (χ2n) is 10.4. The van der Waals surface area contributed by atoms with E-state index in [2.05, 4.69) is 5.32 Å². The number of para-hydroxylation sites is 1. The predicted octanol–water partition coefficient (Wildman–Crippen LogP) is 4.88. The summed E-state index contributed by atoms with van der Waals surface area (Å²) in [6.45, 7) is 6.65. The van der Waals surface area contributed by atoms with E-state index in [-0.39, 0.29) is 28.8 Å². The number of carbonyl (C=O) groups is 2. The van der Waals surface area contributed by atoms with Gasteiger partial charge in [0.05, 0.1) is 24.8 Å². The van der Waals surface area contributed by atoms with E-state index in [1.54, 1.807) is 61.5 Å². The Morgan fingerprint density at radius 3 is 2.10 bits per heavy atom. The lowest BCUT2D eigenvalue weighted by Gasteiger charge is -2.33. The fourth-order valence-electron chi connectivity index (χ4n) is 4.07. The highest BCUT2D eigenvalue weighted by atomic mass is 35.5. The Morgan fingerprint density at radius 1 is 0.927 bits per heavy atom. The number of methoxy groups -OCH3 is 2. The minimum Gasteiger partial charge on any atom is -0.493 e. The molecule has 3 aromatic rings. The van der Waals surface area contributed by atoms with E-state index in [0.29, 0.717) is 10.8 Å². The Bertz CT molecular complexity index is 1460. The van der Waals surface area contributed by atoms with Crippen LogP contribution in [0.25, 0.3) is 0 Å². The van der Waals surface area contributed by atoms with Crippen LogP contribution in [0.4, 0.5) is 5.69 Å². The van der Waals surface area contributed by atoms with Crippen molar-refractivity contribution in [2.24, 2.45) is 0 Å². The van der Waals surface area contributed by atoms with E-state index in [0.717, 1.165) is 9.87 Å². The lowest BCUT2D eigenvalue weighted by Crippen LogP contribution is -2.54. The molecule has 3 aromatic carbocycles. The fraction of sp³-hybridized carbons (Fsp3) is 0.333. The first-order valence-corrected chi connectivity index (χ1v) is 14.7. The molecule has 0 heterocycles. The second kappa shape index (κ2) is 13.3. The van der Waals surface area contributed by atoms with E-state index in [4.69, 9.17) is 21.1 Å². The lowest BCUT2D eigenvalue weighted by molar-refractivity contribution is -0.140. The molecule has 41 heavy (non-hydrogen) atoms. The number of hydrogen-bond donors (Lipinski definition) is 1. The predicted molar refractivity (Wildman–Crippen MR) is 160 cm³/mol. The quantitative estimate of drug-likeness (QED) is 0.336. The summed E-state index contributed by atoms with van der Waals surface area (Å²) in [6.07, 6.45) is 0. The summed E-state index contributed by atoms with van der Waals surface area (Å²) in [5, 5.41) is 3.43. The first kappa shape index (κ1) is 31.8. The van der Waals surface area contributed by atoms with E-state index in [9.17, 15) is 18.0 Å². The largest absolute Gasteiger partial charge is 0.493 e. The Kier molecular flexibility index (Phi) is 10.3. The van der Waals surface area contributed by atoms with E-state index < -0.39 is 34.1 Å². The Balaban J connectivity index is 2.04. The number of ether oxygens (including phenoxy) is 2. The lowest BCUT2D eigenvalue weighted by atomic mass is 10.1. The van der Waals surface area contributed by atoms with Gasteiger partial charge in [0.25, 0.3) is 10.0 Å². The summed E-state index contributed by atoms with van der Waals surface area (Å²) < 4.78 is 39.6. The molecule has 0 aliphatic heterocycles. The molecule has 9 nitrogen and oxygen atoms in total. The van der Waals surface area contributed by atoms with Gasteiger partial charge in [-0.2, -0.15) is 0 Å². The van der Waals surface area contributed by atoms with Gasteiger partial charge in [0.1, 0.15) is 12.6 Å². The van der Waals surface area contributed by atoms with Crippen molar-refractivity contribution in [3.63, 3.8) is 0 Å². The third-order valence-corrected chi connectivity index (χ3v) is 8.22. The molecule has 3 rings (SSSR count). The molecule has 2 amide bonds. The normalized spacial score (nSPS) is 12.3. The van der Waals surface area contributed by atoms with Gasteiger partial charge >= 0.3 is 0 Å². The second-order valence-corrected chi connectivity index (χ2v) is 12.7. The van der Waals surface area contributed by atoms with Gasteiger partial charge in [-0.3, -0.25) is 13.9 Å². The van der Waals surface area contributed by atoms with Crippen molar-refractivity contribution < 1.29 is 27.5 Å². The standard InChI is InChI=1S/C30H36ClN3O6S/c1-21(29(36)32-30(2,3)4)33(19-22-12-14-23(31)15-13-22)28(35)20-34(24-10-8-7-9-11-24)41(37,38)25-16-17-26(39-5)27(18-25)40-6/h7-18,21H,19-20H2,1-6H3,(H,32,36). The highest BCUT2D eigenvalue weighted by Gasteiger charge is 2.33. The first-order valence-electron chi connectivity index (χ1n) is 12.9. The molecular formula is C30H36ClN3O6S. The van der Waals surface area contributed by atoms with Gasteiger partial charge < -0.3 is 19.7 Å². The summed E-state index contributed by atoms with van der Waals surface area (Å²) in [7, 11) is -1.40. The van der Waals surface area contributed by atoms with Crippen LogP contribution in [0, 0.1) is 0 Å². The maximum Gasteiger partial charge on any atom is 0.264 e. The van der Waals surface area contributed by atoms with Gasteiger partial charge in [0.2, 0.25) is 11.8 Å². The van der Waals surface area contributed by atoms with Gasteiger partial charge in [-0.05, 0) is 69.7 Å². The van der Waals surface area contributed by atoms with Crippen LogP contribution in [0.15, 0.2) is 77.7 Å². The molecule has 0 aliphatic rings. The molecule has 0 saturated carbocycles. The van der Waals surface area contributed by atoms with Crippen molar-refractivity contribution in [3.05, 3.63) is 83.4 Å². The average Bonchev–Trinajstić information content (AvgIpc) is 2.94. The minimum absolute atomic E-state index is 0.0633. The number of rotatable bonds is 11. The summed E-state index contributed by atoms with van der Waals surface area (Å²) >= 11 is 6.05. The van der Waals surface area contributed by atoms with Crippen LogP contribution < -0.4 is 19.1 Å². The van der Waals surface area contributed by atoms with Crippen LogP contribution in [-0.2, 0) is 26.2 Å². The molecule has 0 aromatic heterocycles. The SMILES string of the molecule is COc1ccc(S(=O)(=O)N(CC(=O)N(Cc2ccc(Cl)cc2)C(C)C(=O)NC(C)(C)C)c2ccccc2)cc1OC. The first-order chi connectivity index (χ1) is 19.3. The minimum atomic E-state index is -4.26. The van der Waals surface area contributed by atoms with Crippen molar-refractivity contribution in [2.75, 3.05) is 25.1 Å². The van der Waals surface area contributed by atoms with Gasteiger partial charge in [-0.25, -0.2) is 8.42 Å². The smallest absolute Gasteiger partial charge is 0.264 e. The van der Waals surface area contributed by atoms with Gasteiger partial charge in [-0.15, -0.1) is 0 Å². The van der Waals surface area contributed by atoms with E-state index >= 15 is 0 Å². The summed E-state index contributed by atoms with van der Waals surface area (Å²) in [5.41, 5.74) is 0.480. The van der Waals surface area contributed by atoms with E-state index in [1.807, 2.05) is 20.8 Å². The maximum atomic E-state index is 14.0. The number of halogens is 1. The summed E-state index contributed by atoms with van der Waals surface area (Å²) in [5.74, 6) is -0.343. The number of nitrogens with zero attached hydrogens (tertiary/aromatic N) is 2. The average molecular weight is 602 g/mol. The molecule has 220 valence electrons. The third kappa shape index (κ3) is 8.14. The fourth-order valence-corrected chi connectivity index (χ4v) is 5.63. The number of sulfonamides is 1. The number of hydrogen-bond acceptors (Lipinski definition) is 6. The molecule has 0 saturated heterocycles. The number of amides is 2. The van der Waals surface area contributed by atoms with Gasteiger partial charge in [0, 0.05) is 23.2 Å². The third-order valence-electron chi connectivity index (χ3n) is 6.20. The number of benzene rings is 3. The number of carbonyl (C=O) groups excluding carboxylic acids is 2. The summed E-state index contributed by atoms with van der Waals surface area (Å²) in [4.78, 5) is 28.4. The highest BCUT2D eigenvalue weighted by Crippen LogP contribution is 2.32. The molecule has 1 unspecified atom stereocenters. The molecule has 0 radical (unpaired) electrons. The number of anilines is 1. The molecule has 1 N–H and O–H groups in total. The Labute approximate surface area is 247 Å². The molecule has 1 atom stereocenters. The van der Waals surface area contributed by atoms with Crippen LogP contribution in [0.5, 0.6) is 11.5 Å². The van der Waals surface area contributed by atoms with Crippen molar-refractivity contribution in [2.45, 2.75) is 50.7 Å². The molecule has 0 spiro atoms. The maximum absolute atomic E-state index is 14.0. The zero-order valence-corrected chi connectivity index (χ0v) is 25.6. The monoisotopic (exact) mass is 601 g/mol. The van der Waals surface area contributed by atoms with Crippen LogP contribution in [0.1, 0.15) is 33.3 Å². The topological polar surface area (TPSA) is 105 Å². The molecule has 0 fully saturated rings. The Morgan fingerprint density at radius 2 is 1.54 bits per heavy atom. The highest BCUT2D eigenvalue weighted by molar-refractivity contribution is 7.92. The zero-order valence-electron chi connectivity index (χ0n) is 24.0. The van der Waals surface area contributed by atoms with E-state index in [1.165, 1.54) is 37.3 Å². The summed E-state index contributed by atoms with van der Waals surface area (Å²) in [6, 6.07) is 18.5. The van der Waals surface area contributed by atoms with Crippen molar-refractivity contribution in [3.8, 4) is 11.5 Å². The molecular weight excluding hydrogens is 566 g/mol. The Hall–Kier alpha value is -3.76. The van der Waals surface area contributed by atoms with Crippen molar-refractivity contribution in [1.29, 1.82) is 0 Å². The van der Waals surface area contributed by atoms with Crippen LogP contribution in [0.2, 0.25) is 5.02 Å². The molecule has 11 heteroatoms. The molecule has 0 bridgehead atoms. The zero-order chi connectivity index (χ0) is 30.4. The molecule has 0 aliphatic carbocycles. The number of nitrogens with one attached hydrogen (secondary N) is 1.